The first-order chi connectivity index (χ1) is 11.7. The van der Waals surface area contributed by atoms with E-state index >= 15 is 0 Å². The third-order valence-corrected chi connectivity index (χ3v) is 3.86. The minimum absolute atomic E-state index is 0.0876. The summed E-state index contributed by atoms with van der Waals surface area (Å²) in [6, 6.07) is 8.90. The molecule has 2 aromatic rings. The Balaban J connectivity index is 1.65. The summed E-state index contributed by atoms with van der Waals surface area (Å²) in [4.78, 5) is 23.6. The summed E-state index contributed by atoms with van der Waals surface area (Å²) in [6.45, 7) is 1.39. The fraction of sp³-hybridized carbons (Fsp3) is 0.294. The number of anilines is 1. The monoisotopic (exact) mass is 347 g/mol. The van der Waals surface area contributed by atoms with Crippen LogP contribution in [0.25, 0.3) is 0 Å². The van der Waals surface area contributed by atoms with Crippen LogP contribution in [0.3, 0.4) is 0 Å². The molecular formula is C17H21N3O3S. The lowest BCUT2D eigenvalue weighted by Crippen LogP contribution is -2.25. The first-order valence-electron chi connectivity index (χ1n) is 7.72. The summed E-state index contributed by atoms with van der Waals surface area (Å²) in [5, 5.41) is 9.25. The molecule has 0 saturated carbocycles. The molecule has 0 unspecified atom stereocenters. The maximum absolute atomic E-state index is 11.9. The molecular weight excluding hydrogens is 326 g/mol. The van der Waals surface area contributed by atoms with Crippen molar-refractivity contribution in [1.29, 1.82) is 0 Å². The molecule has 1 aromatic heterocycles. The summed E-state index contributed by atoms with van der Waals surface area (Å²) >= 11 is 1.48. The van der Waals surface area contributed by atoms with Crippen LogP contribution in [0.15, 0.2) is 41.1 Å². The van der Waals surface area contributed by atoms with E-state index < -0.39 is 0 Å². The molecule has 1 aromatic carbocycles. The molecule has 24 heavy (non-hydrogen) atoms. The minimum atomic E-state index is -0.107. The van der Waals surface area contributed by atoms with Crippen LogP contribution in [0.5, 0.6) is 5.75 Å². The highest BCUT2D eigenvalue weighted by atomic mass is 32.1. The second-order valence-electron chi connectivity index (χ2n) is 5.08. The lowest BCUT2D eigenvalue weighted by atomic mass is 10.2. The van der Waals surface area contributed by atoms with Gasteiger partial charge in [-0.25, -0.2) is 0 Å². The van der Waals surface area contributed by atoms with Gasteiger partial charge in [-0.1, -0.05) is 0 Å². The van der Waals surface area contributed by atoms with Gasteiger partial charge in [0, 0.05) is 36.1 Å². The highest BCUT2D eigenvalue weighted by Crippen LogP contribution is 2.15. The number of ether oxygens (including phenoxy) is 1. The molecule has 0 spiro atoms. The van der Waals surface area contributed by atoms with Crippen molar-refractivity contribution in [1.82, 2.24) is 5.32 Å². The fourth-order valence-electron chi connectivity index (χ4n) is 1.98. The Morgan fingerprint density at radius 2 is 1.96 bits per heavy atom. The zero-order valence-corrected chi connectivity index (χ0v) is 14.1. The van der Waals surface area contributed by atoms with Gasteiger partial charge in [0.05, 0.1) is 0 Å². The number of benzene rings is 1. The largest absolute Gasteiger partial charge is 0.492 e. The topological polar surface area (TPSA) is 93.4 Å². The average Bonchev–Trinajstić information content (AvgIpc) is 3.12. The van der Waals surface area contributed by atoms with Crippen LogP contribution in [0.2, 0.25) is 0 Å². The van der Waals surface area contributed by atoms with E-state index in [0.29, 0.717) is 43.8 Å². The Bertz CT molecular complexity index is 642. The molecule has 0 aliphatic carbocycles. The molecule has 0 radical (unpaired) electrons. The Morgan fingerprint density at radius 1 is 1.17 bits per heavy atom. The molecule has 1 heterocycles. The van der Waals surface area contributed by atoms with E-state index in [1.165, 1.54) is 11.3 Å². The van der Waals surface area contributed by atoms with Crippen molar-refractivity contribution in [2.45, 2.75) is 12.8 Å². The predicted molar refractivity (Wildman–Crippen MR) is 95.5 cm³/mol. The number of thiophene rings is 1. The zero-order valence-electron chi connectivity index (χ0n) is 13.3. The molecule has 0 bridgehead atoms. The minimum Gasteiger partial charge on any atom is -0.492 e. The summed E-state index contributed by atoms with van der Waals surface area (Å²) in [6.07, 6.45) is 0.925. The van der Waals surface area contributed by atoms with E-state index in [9.17, 15) is 9.59 Å². The van der Waals surface area contributed by atoms with Gasteiger partial charge < -0.3 is 21.1 Å². The highest BCUT2D eigenvalue weighted by molar-refractivity contribution is 7.08. The molecule has 128 valence electrons. The van der Waals surface area contributed by atoms with Gasteiger partial charge in [0.15, 0.2) is 0 Å². The van der Waals surface area contributed by atoms with Crippen LogP contribution in [-0.4, -0.2) is 31.5 Å². The van der Waals surface area contributed by atoms with Gasteiger partial charge >= 0.3 is 0 Å². The fourth-order valence-corrected chi connectivity index (χ4v) is 2.62. The third kappa shape index (κ3) is 6.02. The summed E-state index contributed by atoms with van der Waals surface area (Å²) < 4.78 is 5.37. The van der Waals surface area contributed by atoms with Crippen molar-refractivity contribution >= 4 is 28.8 Å². The van der Waals surface area contributed by atoms with Crippen LogP contribution in [0, 0.1) is 0 Å². The van der Waals surface area contributed by atoms with Gasteiger partial charge in [0.1, 0.15) is 12.4 Å². The van der Waals surface area contributed by atoms with Crippen molar-refractivity contribution in [2.24, 2.45) is 5.73 Å². The summed E-state index contributed by atoms with van der Waals surface area (Å²) in [5.74, 6) is 0.523. The molecule has 0 saturated heterocycles. The maximum Gasteiger partial charge on any atom is 0.252 e. The van der Waals surface area contributed by atoms with Crippen molar-refractivity contribution < 1.29 is 14.3 Å². The van der Waals surface area contributed by atoms with Gasteiger partial charge in [0.25, 0.3) is 5.91 Å². The Morgan fingerprint density at radius 3 is 2.62 bits per heavy atom. The Hall–Kier alpha value is -2.38. The van der Waals surface area contributed by atoms with E-state index in [0.717, 1.165) is 5.75 Å². The van der Waals surface area contributed by atoms with Crippen molar-refractivity contribution in [3.8, 4) is 5.75 Å². The van der Waals surface area contributed by atoms with Crippen molar-refractivity contribution in [3.63, 3.8) is 0 Å². The summed E-state index contributed by atoms with van der Waals surface area (Å²) in [7, 11) is 0. The number of amides is 2. The van der Waals surface area contributed by atoms with Crippen LogP contribution in [0.4, 0.5) is 5.69 Å². The van der Waals surface area contributed by atoms with Gasteiger partial charge in [-0.05, 0) is 42.1 Å². The van der Waals surface area contributed by atoms with Gasteiger partial charge in [-0.3, -0.25) is 9.59 Å². The highest BCUT2D eigenvalue weighted by Gasteiger charge is 2.06. The van der Waals surface area contributed by atoms with Crippen LogP contribution >= 0.6 is 11.3 Å². The second kappa shape index (κ2) is 9.69. The number of nitrogens with one attached hydrogen (secondary N) is 2. The predicted octanol–water partition coefficient (Wildman–Crippen LogP) is 2.23. The third-order valence-electron chi connectivity index (χ3n) is 3.17. The van der Waals surface area contributed by atoms with E-state index in [-0.39, 0.29) is 11.8 Å². The van der Waals surface area contributed by atoms with Crippen LogP contribution in [0.1, 0.15) is 23.2 Å². The van der Waals surface area contributed by atoms with Gasteiger partial charge in [-0.2, -0.15) is 11.3 Å². The SMILES string of the molecule is NCCOc1ccc(NC(=O)CCCNC(=O)c2ccsc2)cc1. The molecule has 2 rings (SSSR count). The first kappa shape index (κ1) is 18.0. The number of carbonyl (C=O) groups excluding carboxylic acids is 2. The number of rotatable bonds is 9. The Labute approximate surface area is 145 Å². The Kier molecular flexibility index (Phi) is 7.25. The lowest BCUT2D eigenvalue weighted by molar-refractivity contribution is -0.116. The molecule has 6 nitrogen and oxygen atoms in total. The first-order valence-corrected chi connectivity index (χ1v) is 8.66. The normalized spacial score (nSPS) is 10.2. The van der Waals surface area contributed by atoms with E-state index in [4.69, 9.17) is 10.5 Å². The maximum atomic E-state index is 11.9. The molecule has 0 aliphatic rings. The second-order valence-corrected chi connectivity index (χ2v) is 5.86. The molecule has 2 amide bonds. The summed E-state index contributed by atoms with van der Waals surface area (Å²) in [5.41, 5.74) is 6.73. The number of carbonyl (C=O) groups is 2. The van der Waals surface area contributed by atoms with Gasteiger partial charge in [-0.15, -0.1) is 0 Å². The van der Waals surface area contributed by atoms with Crippen LogP contribution in [-0.2, 0) is 4.79 Å². The molecule has 0 aliphatic heterocycles. The number of hydrogen-bond donors (Lipinski definition) is 3. The molecule has 7 heteroatoms. The average molecular weight is 347 g/mol. The number of nitrogens with two attached hydrogens (primary N) is 1. The number of hydrogen-bond acceptors (Lipinski definition) is 5. The molecule has 0 atom stereocenters. The smallest absolute Gasteiger partial charge is 0.252 e. The molecule has 0 fully saturated rings. The van der Waals surface area contributed by atoms with E-state index in [1.54, 1.807) is 35.7 Å². The van der Waals surface area contributed by atoms with Crippen molar-refractivity contribution in [2.75, 3.05) is 25.0 Å². The zero-order chi connectivity index (χ0) is 17.2. The van der Waals surface area contributed by atoms with E-state index in [1.807, 2.05) is 5.38 Å². The van der Waals surface area contributed by atoms with Crippen LogP contribution < -0.4 is 21.1 Å². The van der Waals surface area contributed by atoms with E-state index in [2.05, 4.69) is 10.6 Å². The quantitative estimate of drug-likeness (QED) is 0.607. The van der Waals surface area contributed by atoms with Gasteiger partial charge in [0.2, 0.25) is 5.91 Å². The lowest BCUT2D eigenvalue weighted by Gasteiger charge is -2.08. The van der Waals surface area contributed by atoms with Crippen molar-refractivity contribution in [3.05, 3.63) is 46.7 Å². The standard InChI is InChI=1S/C17H21N3O3S/c18-8-10-23-15-5-3-14(4-6-15)20-16(21)2-1-9-19-17(22)13-7-11-24-12-13/h3-7,11-12H,1-2,8-10,18H2,(H,19,22)(H,20,21). The molecule has 4 N–H and O–H groups in total.